The molecule has 0 aliphatic rings. The van der Waals surface area contributed by atoms with E-state index >= 15 is 0 Å². The van der Waals surface area contributed by atoms with E-state index in [-0.39, 0.29) is 0 Å². The van der Waals surface area contributed by atoms with Crippen molar-refractivity contribution in [1.29, 1.82) is 0 Å². The van der Waals surface area contributed by atoms with Gasteiger partial charge in [-0.15, -0.1) is 0 Å². The van der Waals surface area contributed by atoms with Crippen LogP contribution in [0.2, 0.25) is 0 Å². The van der Waals surface area contributed by atoms with Crippen molar-refractivity contribution < 1.29 is 4.21 Å². The summed E-state index contributed by atoms with van der Waals surface area (Å²) in [7, 11) is 0. The predicted molar refractivity (Wildman–Crippen MR) is 55.5 cm³/mol. The lowest BCUT2D eigenvalue weighted by molar-refractivity contribution is 0.518. The molecule has 0 N–H and O–H groups in total. The lowest BCUT2D eigenvalue weighted by Gasteiger charge is -2.02. The highest BCUT2D eigenvalue weighted by atomic mass is 32.1. The Kier molecular flexibility index (Phi) is 9.13. The standard InChI is InChI=1S/C10H21OS/c1-10(2)8-6-4-3-5-7-9-12-11/h10H,3-9H2,1-2H3/q+1. The third-order valence-electron chi connectivity index (χ3n) is 2.01. The van der Waals surface area contributed by atoms with Gasteiger partial charge >= 0.3 is 11.7 Å². The van der Waals surface area contributed by atoms with E-state index in [9.17, 15) is 4.21 Å². The van der Waals surface area contributed by atoms with Crippen molar-refractivity contribution >= 4 is 11.7 Å². The Hall–Kier alpha value is 0.0200. The van der Waals surface area contributed by atoms with Gasteiger partial charge in [-0.2, -0.15) is 0 Å². The van der Waals surface area contributed by atoms with Crippen molar-refractivity contribution in [3.05, 3.63) is 0 Å². The maximum absolute atomic E-state index is 10.0. The average molecular weight is 189 g/mol. The van der Waals surface area contributed by atoms with Gasteiger partial charge < -0.3 is 0 Å². The van der Waals surface area contributed by atoms with Gasteiger partial charge in [0.05, 0.1) is 0 Å². The van der Waals surface area contributed by atoms with Crippen LogP contribution in [0.5, 0.6) is 0 Å². The first kappa shape index (κ1) is 12.0. The summed E-state index contributed by atoms with van der Waals surface area (Å²) in [4.78, 5) is 0. The molecule has 0 fully saturated rings. The fourth-order valence-corrected chi connectivity index (χ4v) is 1.57. The number of unbranched alkanes of at least 4 members (excludes halogenated alkanes) is 4. The molecule has 0 aliphatic carbocycles. The Labute approximate surface area is 80.4 Å². The Balaban J connectivity index is 2.86. The molecule has 1 nitrogen and oxygen atoms in total. The summed E-state index contributed by atoms with van der Waals surface area (Å²) in [6.07, 6.45) is 7.73. The van der Waals surface area contributed by atoms with Crippen molar-refractivity contribution in [2.75, 3.05) is 5.75 Å². The smallest absolute Gasteiger partial charge is 0.0628 e. The highest BCUT2D eigenvalue weighted by molar-refractivity contribution is 7.65. The average Bonchev–Trinajstić information content (AvgIpc) is 2.02. The van der Waals surface area contributed by atoms with Gasteiger partial charge in [-0.1, -0.05) is 39.5 Å². The van der Waals surface area contributed by atoms with E-state index in [1.165, 1.54) is 32.1 Å². The number of hydrogen-bond donors (Lipinski definition) is 0. The lowest BCUT2D eigenvalue weighted by Crippen LogP contribution is -1.88. The molecule has 0 amide bonds. The minimum Gasteiger partial charge on any atom is -0.0628 e. The van der Waals surface area contributed by atoms with Crippen molar-refractivity contribution in [2.45, 2.75) is 52.4 Å². The van der Waals surface area contributed by atoms with Crippen molar-refractivity contribution in [1.82, 2.24) is 0 Å². The maximum Gasteiger partial charge on any atom is 0.458 e. The van der Waals surface area contributed by atoms with Gasteiger partial charge in [-0.3, -0.25) is 0 Å². The predicted octanol–water partition coefficient (Wildman–Crippen LogP) is 3.41. The molecule has 0 bridgehead atoms. The van der Waals surface area contributed by atoms with Crippen LogP contribution in [0.4, 0.5) is 0 Å². The fraction of sp³-hybridized carbons (Fsp3) is 1.00. The number of hydrogen-bond acceptors (Lipinski definition) is 1. The molecule has 0 saturated heterocycles. The van der Waals surface area contributed by atoms with Crippen molar-refractivity contribution in [3.63, 3.8) is 0 Å². The van der Waals surface area contributed by atoms with Gasteiger partial charge in [0, 0.05) is 10.6 Å². The van der Waals surface area contributed by atoms with E-state index in [1.54, 1.807) is 0 Å². The zero-order chi connectivity index (χ0) is 9.23. The van der Waals surface area contributed by atoms with Gasteiger partial charge in [-0.05, 0) is 12.3 Å². The Morgan fingerprint density at radius 3 is 2.17 bits per heavy atom. The molecule has 0 aliphatic heterocycles. The molecule has 0 aromatic rings. The van der Waals surface area contributed by atoms with Crippen molar-refractivity contribution in [3.8, 4) is 0 Å². The highest BCUT2D eigenvalue weighted by Crippen LogP contribution is 2.10. The highest BCUT2D eigenvalue weighted by Gasteiger charge is 1.98. The summed E-state index contributed by atoms with van der Waals surface area (Å²) in [6.45, 7) is 4.54. The lowest BCUT2D eigenvalue weighted by atomic mass is 10.0. The molecule has 0 aromatic carbocycles. The minimum absolute atomic E-state index is 0.720. The van der Waals surface area contributed by atoms with E-state index in [2.05, 4.69) is 13.8 Å². The summed E-state index contributed by atoms with van der Waals surface area (Å²) in [5, 5.41) is 0. The van der Waals surface area contributed by atoms with Crippen LogP contribution < -0.4 is 0 Å². The number of rotatable bonds is 8. The molecule has 0 saturated carbocycles. The van der Waals surface area contributed by atoms with Gasteiger partial charge in [-0.25, -0.2) is 0 Å². The van der Waals surface area contributed by atoms with Crippen LogP contribution in [-0.4, -0.2) is 5.75 Å². The van der Waals surface area contributed by atoms with Crippen LogP contribution in [0.25, 0.3) is 0 Å². The minimum atomic E-state index is 0.720. The topological polar surface area (TPSA) is 17.1 Å². The van der Waals surface area contributed by atoms with E-state index in [0.717, 1.165) is 29.8 Å². The fourth-order valence-electron chi connectivity index (χ4n) is 1.24. The van der Waals surface area contributed by atoms with Crippen LogP contribution in [0, 0.1) is 5.92 Å². The van der Waals surface area contributed by atoms with Crippen LogP contribution in [0.1, 0.15) is 52.4 Å². The largest absolute Gasteiger partial charge is 0.458 e. The van der Waals surface area contributed by atoms with Crippen LogP contribution in [0.3, 0.4) is 0 Å². The van der Waals surface area contributed by atoms with Crippen molar-refractivity contribution in [2.24, 2.45) is 5.92 Å². The second-order valence-electron chi connectivity index (χ2n) is 3.77. The normalized spacial score (nSPS) is 10.6. The molecule has 0 rings (SSSR count). The molecular weight excluding hydrogens is 168 g/mol. The first-order valence-corrected chi connectivity index (χ1v) is 5.93. The monoisotopic (exact) mass is 189 g/mol. The molecule has 2 heteroatoms. The van der Waals surface area contributed by atoms with Gasteiger partial charge in [0.15, 0.2) is 0 Å². The van der Waals surface area contributed by atoms with Crippen LogP contribution in [0.15, 0.2) is 0 Å². The molecule has 0 heterocycles. The maximum atomic E-state index is 10.0. The molecule has 0 unspecified atom stereocenters. The summed E-state index contributed by atoms with van der Waals surface area (Å²) in [5.41, 5.74) is 0. The third-order valence-corrected chi connectivity index (χ3v) is 2.46. The Morgan fingerprint density at radius 2 is 1.58 bits per heavy atom. The molecule has 0 spiro atoms. The first-order chi connectivity index (χ1) is 5.77. The van der Waals surface area contributed by atoms with Gasteiger partial charge in [0.2, 0.25) is 5.75 Å². The van der Waals surface area contributed by atoms with E-state index in [1.807, 2.05) is 0 Å². The zero-order valence-electron chi connectivity index (χ0n) is 8.34. The molecular formula is C10H21OS+. The molecule has 0 atom stereocenters. The van der Waals surface area contributed by atoms with E-state index < -0.39 is 0 Å². The van der Waals surface area contributed by atoms with Crippen LogP contribution >= 0.6 is 0 Å². The SMILES string of the molecule is CC(C)CCCCCCC[S+]=O. The summed E-state index contributed by atoms with van der Waals surface area (Å²) >= 11 is 0.720. The summed E-state index contributed by atoms with van der Waals surface area (Å²) in [5.74, 6) is 1.65. The molecule has 12 heavy (non-hydrogen) atoms. The van der Waals surface area contributed by atoms with Crippen LogP contribution in [-0.2, 0) is 15.9 Å². The van der Waals surface area contributed by atoms with E-state index in [0.29, 0.717) is 0 Å². The third kappa shape index (κ3) is 10.0. The summed E-state index contributed by atoms with van der Waals surface area (Å²) in [6, 6.07) is 0. The second-order valence-corrected chi connectivity index (χ2v) is 4.42. The first-order valence-electron chi connectivity index (χ1n) is 5.02. The molecule has 0 aromatic heterocycles. The summed E-state index contributed by atoms with van der Waals surface area (Å²) < 4.78 is 10.0. The van der Waals surface area contributed by atoms with Gasteiger partial charge in [0.1, 0.15) is 0 Å². The van der Waals surface area contributed by atoms with E-state index in [4.69, 9.17) is 0 Å². The Bertz CT molecular complexity index is 102. The van der Waals surface area contributed by atoms with Gasteiger partial charge in [0.25, 0.3) is 0 Å². The molecule has 72 valence electrons. The quantitative estimate of drug-likeness (QED) is 0.422. The zero-order valence-corrected chi connectivity index (χ0v) is 9.16. The molecule has 0 radical (unpaired) electrons. The Morgan fingerprint density at radius 1 is 1.00 bits per heavy atom. The second kappa shape index (κ2) is 9.11.